The summed E-state index contributed by atoms with van der Waals surface area (Å²) in [6.45, 7) is 5.67. The maximum atomic E-state index is 6.12. The van der Waals surface area contributed by atoms with Crippen molar-refractivity contribution in [1.82, 2.24) is 0 Å². The summed E-state index contributed by atoms with van der Waals surface area (Å²) < 4.78 is 11.7. The van der Waals surface area contributed by atoms with Gasteiger partial charge in [0.1, 0.15) is 11.5 Å². The predicted molar refractivity (Wildman–Crippen MR) is 111 cm³/mol. The molecule has 3 nitrogen and oxygen atoms in total. The van der Waals surface area contributed by atoms with Gasteiger partial charge in [0.25, 0.3) is 0 Å². The highest BCUT2D eigenvalue weighted by atomic mass is 16.5. The molecule has 3 unspecified atom stereocenters. The molecule has 1 aliphatic carbocycles. The zero-order valence-corrected chi connectivity index (χ0v) is 16.3. The molecule has 4 rings (SSSR count). The maximum Gasteiger partial charge on any atom is 0.142 e. The lowest BCUT2D eigenvalue weighted by Gasteiger charge is -2.38. The van der Waals surface area contributed by atoms with Crippen molar-refractivity contribution in [3.63, 3.8) is 0 Å². The summed E-state index contributed by atoms with van der Waals surface area (Å²) >= 11 is 0. The summed E-state index contributed by atoms with van der Waals surface area (Å²) in [7, 11) is 0. The number of unbranched alkanes of at least 4 members (excludes halogenated alkanes) is 1. The van der Waals surface area contributed by atoms with E-state index in [0.717, 1.165) is 37.4 Å². The fourth-order valence-corrected chi connectivity index (χ4v) is 4.31. The minimum absolute atomic E-state index is 0.282. The summed E-state index contributed by atoms with van der Waals surface area (Å²) in [5.41, 5.74) is 3.84. The fraction of sp³-hybridized carbons (Fsp3) is 0.417. The number of nitrogens with one attached hydrogen (secondary N) is 1. The summed E-state index contributed by atoms with van der Waals surface area (Å²) in [4.78, 5) is 0. The summed E-state index contributed by atoms with van der Waals surface area (Å²) in [5.74, 6) is 2.91. The lowest BCUT2D eigenvalue weighted by Crippen LogP contribution is -2.29. The van der Waals surface area contributed by atoms with Gasteiger partial charge in [0, 0.05) is 5.92 Å². The molecule has 0 bridgehead atoms. The van der Waals surface area contributed by atoms with Crippen LogP contribution in [0.5, 0.6) is 11.5 Å². The maximum absolute atomic E-state index is 6.12. The van der Waals surface area contributed by atoms with Gasteiger partial charge < -0.3 is 14.8 Å². The third-order valence-corrected chi connectivity index (χ3v) is 5.66. The SMILES string of the molecule is CCCCOc1cccc2c1NC(c1ccc(OCC)cc1)C1CC=CC21. The molecule has 2 aliphatic rings. The highest BCUT2D eigenvalue weighted by Gasteiger charge is 2.38. The van der Waals surface area contributed by atoms with Gasteiger partial charge in [-0.1, -0.05) is 49.8 Å². The molecule has 1 aliphatic heterocycles. The Morgan fingerprint density at radius 1 is 1.04 bits per heavy atom. The number of allylic oxidation sites excluding steroid dienone is 2. The second-order valence-electron chi connectivity index (χ2n) is 7.40. The zero-order valence-electron chi connectivity index (χ0n) is 16.3. The van der Waals surface area contributed by atoms with Crippen LogP contribution in [0, 0.1) is 5.92 Å². The van der Waals surface area contributed by atoms with Crippen molar-refractivity contribution in [3.8, 4) is 11.5 Å². The van der Waals surface area contributed by atoms with E-state index in [1.807, 2.05) is 6.92 Å². The van der Waals surface area contributed by atoms with E-state index in [4.69, 9.17) is 9.47 Å². The first kappa shape index (κ1) is 18.0. The van der Waals surface area contributed by atoms with Gasteiger partial charge in [0.05, 0.1) is 24.9 Å². The van der Waals surface area contributed by atoms with Crippen molar-refractivity contribution < 1.29 is 9.47 Å². The molecule has 2 aromatic rings. The van der Waals surface area contributed by atoms with Crippen molar-refractivity contribution in [1.29, 1.82) is 0 Å². The van der Waals surface area contributed by atoms with Crippen LogP contribution in [0.25, 0.3) is 0 Å². The minimum Gasteiger partial charge on any atom is -0.494 e. The molecule has 0 radical (unpaired) electrons. The largest absolute Gasteiger partial charge is 0.494 e. The molecular weight excluding hydrogens is 334 g/mol. The Bertz CT molecular complexity index is 797. The van der Waals surface area contributed by atoms with Crippen LogP contribution in [-0.4, -0.2) is 13.2 Å². The Balaban J connectivity index is 1.65. The number of anilines is 1. The molecule has 0 saturated heterocycles. The third-order valence-electron chi connectivity index (χ3n) is 5.66. The topological polar surface area (TPSA) is 30.5 Å². The molecule has 27 heavy (non-hydrogen) atoms. The predicted octanol–water partition coefficient (Wildman–Crippen LogP) is 6.09. The monoisotopic (exact) mass is 363 g/mol. The lowest BCUT2D eigenvalue weighted by atomic mass is 9.77. The van der Waals surface area contributed by atoms with Crippen molar-refractivity contribution in [2.24, 2.45) is 5.92 Å². The van der Waals surface area contributed by atoms with Gasteiger partial charge >= 0.3 is 0 Å². The molecule has 0 amide bonds. The highest BCUT2D eigenvalue weighted by molar-refractivity contribution is 5.67. The number of rotatable bonds is 7. The Hall–Kier alpha value is -2.42. The second-order valence-corrected chi connectivity index (χ2v) is 7.40. The van der Waals surface area contributed by atoms with E-state index in [2.05, 4.69) is 66.9 Å². The molecule has 3 heteroatoms. The number of hydrogen-bond acceptors (Lipinski definition) is 3. The number of fused-ring (bicyclic) bond motifs is 3. The van der Waals surface area contributed by atoms with Gasteiger partial charge in [-0.25, -0.2) is 0 Å². The van der Waals surface area contributed by atoms with Crippen molar-refractivity contribution in [2.75, 3.05) is 18.5 Å². The first-order chi connectivity index (χ1) is 13.3. The van der Waals surface area contributed by atoms with Crippen LogP contribution in [0.4, 0.5) is 5.69 Å². The fourth-order valence-electron chi connectivity index (χ4n) is 4.31. The molecule has 0 spiro atoms. The van der Waals surface area contributed by atoms with Crippen LogP contribution in [-0.2, 0) is 0 Å². The average Bonchev–Trinajstić information content (AvgIpc) is 3.19. The van der Waals surface area contributed by atoms with Gasteiger partial charge in [0.15, 0.2) is 0 Å². The van der Waals surface area contributed by atoms with Gasteiger partial charge in [-0.3, -0.25) is 0 Å². The van der Waals surface area contributed by atoms with Crippen LogP contribution in [0.15, 0.2) is 54.6 Å². The summed E-state index contributed by atoms with van der Waals surface area (Å²) in [5, 5.41) is 3.83. The lowest BCUT2D eigenvalue weighted by molar-refractivity contribution is 0.307. The molecule has 0 fully saturated rings. The molecule has 142 valence electrons. The Labute approximate surface area is 162 Å². The normalized spacial score (nSPS) is 22.7. The van der Waals surface area contributed by atoms with E-state index in [-0.39, 0.29) is 6.04 Å². The molecule has 1 N–H and O–H groups in total. The number of para-hydroxylation sites is 1. The van der Waals surface area contributed by atoms with Crippen LogP contribution in [0.1, 0.15) is 56.2 Å². The van der Waals surface area contributed by atoms with Gasteiger partial charge in [-0.05, 0) is 55.0 Å². The van der Waals surface area contributed by atoms with Crippen molar-refractivity contribution >= 4 is 5.69 Å². The summed E-state index contributed by atoms with van der Waals surface area (Å²) in [6.07, 6.45) is 8.04. The van der Waals surface area contributed by atoms with Crippen LogP contribution >= 0.6 is 0 Å². The average molecular weight is 364 g/mol. The molecular formula is C24H29NO2. The zero-order chi connectivity index (χ0) is 18.6. The van der Waals surface area contributed by atoms with E-state index in [0.29, 0.717) is 18.4 Å². The van der Waals surface area contributed by atoms with Gasteiger partial charge in [-0.2, -0.15) is 0 Å². The number of hydrogen-bond donors (Lipinski definition) is 1. The Kier molecular flexibility index (Phi) is 5.38. The number of ether oxygens (including phenoxy) is 2. The minimum atomic E-state index is 0.282. The van der Waals surface area contributed by atoms with Gasteiger partial charge in [0.2, 0.25) is 0 Å². The second kappa shape index (κ2) is 8.08. The van der Waals surface area contributed by atoms with Crippen LogP contribution in [0.2, 0.25) is 0 Å². The van der Waals surface area contributed by atoms with Crippen molar-refractivity contribution in [3.05, 3.63) is 65.7 Å². The highest BCUT2D eigenvalue weighted by Crippen LogP contribution is 2.52. The molecule has 3 atom stereocenters. The smallest absolute Gasteiger partial charge is 0.142 e. The Morgan fingerprint density at radius 2 is 1.89 bits per heavy atom. The molecule has 0 aromatic heterocycles. The first-order valence-electron chi connectivity index (χ1n) is 10.2. The van der Waals surface area contributed by atoms with Crippen molar-refractivity contribution in [2.45, 2.75) is 45.1 Å². The van der Waals surface area contributed by atoms with E-state index < -0.39 is 0 Å². The first-order valence-corrected chi connectivity index (χ1v) is 10.2. The summed E-state index contributed by atoms with van der Waals surface area (Å²) in [6, 6.07) is 15.3. The molecule has 2 aromatic carbocycles. The standard InChI is InChI=1S/C24H29NO2/c1-3-5-16-27-22-11-7-10-21-19-8-6-9-20(19)23(25-24(21)22)17-12-14-18(15-13-17)26-4-2/h6-8,10-15,19-20,23,25H,3-5,9,16H2,1-2H3. The van der Waals surface area contributed by atoms with E-state index in [9.17, 15) is 0 Å². The third kappa shape index (κ3) is 3.55. The van der Waals surface area contributed by atoms with E-state index in [1.165, 1.54) is 16.8 Å². The van der Waals surface area contributed by atoms with E-state index in [1.54, 1.807) is 0 Å². The quantitative estimate of drug-likeness (QED) is 0.477. The van der Waals surface area contributed by atoms with Crippen LogP contribution < -0.4 is 14.8 Å². The van der Waals surface area contributed by atoms with Gasteiger partial charge in [-0.15, -0.1) is 0 Å². The number of benzene rings is 2. The molecule has 0 saturated carbocycles. The van der Waals surface area contributed by atoms with Crippen LogP contribution in [0.3, 0.4) is 0 Å². The Morgan fingerprint density at radius 3 is 2.67 bits per heavy atom. The molecule has 1 heterocycles. The van der Waals surface area contributed by atoms with E-state index >= 15 is 0 Å².